The van der Waals surface area contributed by atoms with Crippen molar-refractivity contribution in [3.05, 3.63) is 29.8 Å². The number of piperazine rings is 1. The van der Waals surface area contributed by atoms with E-state index in [4.69, 9.17) is 9.47 Å². The molecule has 1 aromatic carbocycles. The molecule has 6 nitrogen and oxygen atoms in total. The van der Waals surface area contributed by atoms with Crippen molar-refractivity contribution in [1.29, 1.82) is 0 Å². The lowest BCUT2D eigenvalue weighted by atomic mass is 9.87. The molecule has 0 N–H and O–H groups in total. The van der Waals surface area contributed by atoms with E-state index in [0.717, 1.165) is 0 Å². The van der Waals surface area contributed by atoms with Crippen LogP contribution in [0.3, 0.4) is 0 Å². The van der Waals surface area contributed by atoms with Gasteiger partial charge in [-0.25, -0.2) is 4.79 Å². The molecule has 0 saturated carbocycles. The predicted octanol–water partition coefficient (Wildman–Crippen LogP) is 3.05. The molecule has 0 spiro atoms. The van der Waals surface area contributed by atoms with Gasteiger partial charge in [-0.15, -0.1) is 0 Å². The number of benzene rings is 1. The number of nitrogens with zero attached hydrogens (tertiary/aromatic N) is 2. The fourth-order valence-corrected chi connectivity index (χ4v) is 2.87. The molecule has 1 aliphatic heterocycles. The van der Waals surface area contributed by atoms with E-state index in [1.807, 2.05) is 24.3 Å². The van der Waals surface area contributed by atoms with Crippen molar-refractivity contribution in [3.8, 4) is 5.75 Å². The molecule has 0 aliphatic carbocycles. The Labute approximate surface area is 156 Å². The van der Waals surface area contributed by atoms with Crippen molar-refractivity contribution in [3.63, 3.8) is 0 Å². The highest BCUT2D eigenvalue weighted by Gasteiger charge is 2.28. The molecule has 2 rings (SSSR count). The monoisotopic (exact) mass is 362 g/mol. The summed E-state index contributed by atoms with van der Waals surface area (Å²) in [7, 11) is 0. The average molecular weight is 362 g/mol. The molecule has 1 fully saturated rings. The summed E-state index contributed by atoms with van der Waals surface area (Å²) in [5, 5.41) is 0. The van der Waals surface area contributed by atoms with E-state index in [9.17, 15) is 9.59 Å². The van der Waals surface area contributed by atoms with Crippen molar-refractivity contribution < 1.29 is 19.1 Å². The van der Waals surface area contributed by atoms with Crippen molar-refractivity contribution in [2.45, 2.75) is 46.1 Å². The summed E-state index contributed by atoms with van der Waals surface area (Å²) in [6.07, 6.45) is -0.882. The van der Waals surface area contributed by atoms with Crippen molar-refractivity contribution in [2.24, 2.45) is 0 Å². The van der Waals surface area contributed by atoms with E-state index >= 15 is 0 Å². The van der Waals surface area contributed by atoms with E-state index in [2.05, 4.69) is 20.8 Å². The Kier molecular flexibility index (Phi) is 6.51. The van der Waals surface area contributed by atoms with Crippen LogP contribution in [0.4, 0.5) is 4.79 Å². The molecule has 2 amide bonds. The molecule has 0 radical (unpaired) electrons. The van der Waals surface area contributed by atoms with Gasteiger partial charge in [0.25, 0.3) is 5.91 Å². The van der Waals surface area contributed by atoms with E-state index in [-0.39, 0.29) is 17.4 Å². The van der Waals surface area contributed by atoms with Crippen LogP contribution < -0.4 is 4.74 Å². The Hall–Kier alpha value is -2.24. The van der Waals surface area contributed by atoms with E-state index in [1.165, 1.54) is 5.56 Å². The van der Waals surface area contributed by atoms with Gasteiger partial charge in [-0.05, 0) is 37.0 Å². The van der Waals surface area contributed by atoms with Gasteiger partial charge >= 0.3 is 6.09 Å². The zero-order chi connectivity index (χ0) is 19.3. The first kappa shape index (κ1) is 20.1. The van der Waals surface area contributed by atoms with Gasteiger partial charge in [0.15, 0.2) is 6.10 Å². The minimum Gasteiger partial charge on any atom is -0.481 e. The number of carbonyl (C=O) groups is 2. The van der Waals surface area contributed by atoms with Crippen molar-refractivity contribution >= 4 is 12.0 Å². The maximum Gasteiger partial charge on any atom is 0.409 e. The van der Waals surface area contributed by atoms with Gasteiger partial charge in [-0.2, -0.15) is 0 Å². The summed E-state index contributed by atoms with van der Waals surface area (Å²) in [4.78, 5) is 27.7. The van der Waals surface area contributed by atoms with Crippen LogP contribution in [0.2, 0.25) is 0 Å². The van der Waals surface area contributed by atoms with E-state index < -0.39 is 6.10 Å². The van der Waals surface area contributed by atoms with Gasteiger partial charge < -0.3 is 19.3 Å². The first-order valence-corrected chi connectivity index (χ1v) is 9.20. The van der Waals surface area contributed by atoms with Gasteiger partial charge in [-0.1, -0.05) is 32.9 Å². The molecule has 0 bridgehead atoms. The number of amides is 2. The van der Waals surface area contributed by atoms with Crippen LogP contribution >= 0.6 is 0 Å². The van der Waals surface area contributed by atoms with E-state index in [0.29, 0.717) is 38.5 Å². The zero-order valence-corrected chi connectivity index (χ0v) is 16.4. The molecule has 6 heteroatoms. The molecular weight excluding hydrogens is 332 g/mol. The maximum absolute atomic E-state index is 12.6. The lowest BCUT2D eigenvalue weighted by molar-refractivity contribution is -0.139. The fourth-order valence-electron chi connectivity index (χ4n) is 2.87. The number of ether oxygens (including phenoxy) is 2. The number of carbonyl (C=O) groups excluding carboxylic acids is 2. The average Bonchev–Trinajstić information content (AvgIpc) is 2.61. The van der Waals surface area contributed by atoms with Crippen LogP contribution in [0.15, 0.2) is 24.3 Å². The molecule has 1 aliphatic rings. The van der Waals surface area contributed by atoms with Crippen molar-refractivity contribution in [1.82, 2.24) is 9.80 Å². The quantitative estimate of drug-likeness (QED) is 0.826. The van der Waals surface area contributed by atoms with Crippen LogP contribution in [0.1, 0.15) is 40.2 Å². The molecule has 144 valence electrons. The molecule has 1 heterocycles. The molecule has 0 aromatic heterocycles. The predicted molar refractivity (Wildman–Crippen MR) is 100 cm³/mol. The topological polar surface area (TPSA) is 59.1 Å². The summed E-state index contributed by atoms with van der Waals surface area (Å²) in [5.74, 6) is 0.623. The molecule has 1 aromatic rings. The van der Waals surface area contributed by atoms with Crippen LogP contribution in [-0.4, -0.2) is 60.7 Å². The molecular formula is C20H30N2O4. The number of hydrogen-bond acceptors (Lipinski definition) is 4. The normalized spacial score (nSPS) is 16.2. The summed E-state index contributed by atoms with van der Waals surface area (Å²) >= 11 is 0. The molecule has 1 unspecified atom stereocenters. The summed E-state index contributed by atoms with van der Waals surface area (Å²) in [6, 6.07) is 7.88. The van der Waals surface area contributed by atoms with Gasteiger partial charge in [0, 0.05) is 26.2 Å². The minimum absolute atomic E-state index is 0.0617. The first-order valence-electron chi connectivity index (χ1n) is 9.20. The Bertz CT molecular complexity index is 614. The standard InChI is InChI=1S/C20H30N2O4/c1-6-25-19(24)22-13-11-21(12-14-22)18(23)15(2)26-17-9-7-16(8-10-17)20(3,4)5/h7-10,15H,6,11-14H2,1-5H3. The second kappa shape index (κ2) is 8.43. The molecule has 1 saturated heterocycles. The lowest BCUT2D eigenvalue weighted by Crippen LogP contribution is -2.53. The van der Waals surface area contributed by atoms with Crippen LogP contribution in [0, 0.1) is 0 Å². The van der Waals surface area contributed by atoms with Crippen molar-refractivity contribution in [2.75, 3.05) is 32.8 Å². The van der Waals surface area contributed by atoms with Gasteiger partial charge in [-0.3, -0.25) is 4.79 Å². The number of hydrogen-bond donors (Lipinski definition) is 0. The summed E-state index contributed by atoms with van der Waals surface area (Å²) in [5.41, 5.74) is 1.30. The first-order chi connectivity index (χ1) is 12.2. The second-order valence-electron chi connectivity index (χ2n) is 7.55. The maximum atomic E-state index is 12.6. The third-order valence-corrected chi connectivity index (χ3v) is 4.50. The second-order valence-corrected chi connectivity index (χ2v) is 7.55. The Morgan fingerprint density at radius 2 is 1.58 bits per heavy atom. The van der Waals surface area contributed by atoms with Gasteiger partial charge in [0.2, 0.25) is 0 Å². The Morgan fingerprint density at radius 1 is 1.04 bits per heavy atom. The third-order valence-electron chi connectivity index (χ3n) is 4.50. The highest BCUT2D eigenvalue weighted by atomic mass is 16.6. The Morgan fingerprint density at radius 3 is 2.08 bits per heavy atom. The molecule has 26 heavy (non-hydrogen) atoms. The smallest absolute Gasteiger partial charge is 0.409 e. The Balaban J connectivity index is 1.87. The highest BCUT2D eigenvalue weighted by Crippen LogP contribution is 2.24. The number of rotatable bonds is 4. The van der Waals surface area contributed by atoms with E-state index in [1.54, 1.807) is 23.6 Å². The van der Waals surface area contributed by atoms with Gasteiger partial charge in [0.1, 0.15) is 5.75 Å². The van der Waals surface area contributed by atoms with Crippen LogP contribution in [-0.2, 0) is 14.9 Å². The minimum atomic E-state index is -0.565. The molecule has 1 atom stereocenters. The fraction of sp³-hybridized carbons (Fsp3) is 0.600. The lowest BCUT2D eigenvalue weighted by Gasteiger charge is -2.35. The SMILES string of the molecule is CCOC(=O)N1CCN(C(=O)C(C)Oc2ccc(C(C)(C)C)cc2)CC1. The summed E-state index contributed by atoms with van der Waals surface area (Å²) < 4.78 is 10.8. The highest BCUT2D eigenvalue weighted by molar-refractivity contribution is 5.81. The third kappa shape index (κ3) is 5.13. The van der Waals surface area contributed by atoms with Gasteiger partial charge in [0.05, 0.1) is 6.61 Å². The summed E-state index contributed by atoms with van der Waals surface area (Å²) in [6.45, 7) is 12.3. The largest absolute Gasteiger partial charge is 0.481 e. The van der Waals surface area contributed by atoms with Crippen LogP contribution in [0.25, 0.3) is 0 Å². The van der Waals surface area contributed by atoms with Crippen LogP contribution in [0.5, 0.6) is 5.75 Å². The zero-order valence-electron chi connectivity index (χ0n) is 16.4.